The molecule has 0 radical (unpaired) electrons. The van der Waals surface area contributed by atoms with Crippen LogP contribution in [0, 0.1) is 12.5 Å². The fourth-order valence-corrected chi connectivity index (χ4v) is 4.34. The standard InChI is InChI=1S/C21H15Cl2N5O3S/c1-10-8-12(25-21(27-24)26-18(29)16-6-7-17(23)32-16)3-5-15(10)28-19(30)13-4-2-11(22)9-14(13)20(28)31/h2-9,24,30-31H,1H3,(H,25,26,29). The lowest BCUT2D eigenvalue weighted by atomic mass is 10.2. The van der Waals surface area contributed by atoms with Crippen LogP contribution in [0.4, 0.5) is 5.69 Å². The maximum absolute atomic E-state index is 12.3. The van der Waals surface area contributed by atoms with Gasteiger partial charge in [0.2, 0.25) is 17.7 Å². The predicted octanol–water partition coefficient (Wildman–Crippen LogP) is 6.17. The zero-order chi connectivity index (χ0) is 23.0. The summed E-state index contributed by atoms with van der Waals surface area (Å²) in [7, 11) is 0. The van der Waals surface area contributed by atoms with Crippen LogP contribution in [0.5, 0.6) is 11.8 Å². The molecule has 2 heterocycles. The minimum Gasteiger partial charge on any atom is -0.494 e. The second kappa shape index (κ2) is 8.62. The molecular formula is C21H15Cl2N5O3S. The highest BCUT2D eigenvalue weighted by atomic mass is 35.5. The molecule has 11 heteroatoms. The quantitative estimate of drug-likeness (QED) is 0.157. The minimum absolute atomic E-state index is 0.128. The van der Waals surface area contributed by atoms with Gasteiger partial charge in [0.25, 0.3) is 5.91 Å². The zero-order valence-corrected chi connectivity index (χ0v) is 18.8. The number of aliphatic imine (C=N–C) groups is 1. The maximum atomic E-state index is 12.3. The number of fused-ring (bicyclic) bond motifs is 1. The lowest BCUT2D eigenvalue weighted by Crippen LogP contribution is -2.28. The van der Waals surface area contributed by atoms with Crippen LogP contribution in [-0.2, 0) is 0 Å². The number of benzene rings is 2. The molecule has 32 heavy (non-hydrogen) atoms. The number of carbonyl (C=O) groups is 1. The van der Waals surface area contributed by atoms with Gasteiger partial charge in [0.05, 0.1) is 20.6 Å². The molecule has 0 saturated heterocycles. The van der Waals surface area contributed by atoms with Crippen molar-refractivity contribution in [3.8, 4) is 17.4 Å². The molecule has 1 amide bonds. The fraction of sp³-hybridized carbons (Fsp3) is 0.0476. The third-order valence-electron chi connectivity index (χ3n) is 4.67. The molecule has 0 aliphatic carbocycles. The average molecular weight is 488 g/mol. The van der Waals surface area contributed by atoms with Crippen molar-refractivity contribution >= 4 is 62.9 Å². The van der Waals surface area contributed by atoms with Crippen molar-refractivity contribution < 1.29 is 15.0 Å². The minimum atomic E-state index is -0.475. The molecule has 4 aromatic rings. The highest BCUT2D eigenvalue weighted by molar-refractivity contribution is 7.18. The summed E-state index contributed by atoms with van der Waals surface area (Å²) in [6.07, 6.45) is 0. The van der Waals surface area contributed by atoms with Crippen LogP contribution in [0.25, 0.3) is 16.5 Å². The largest absolute Gasteiger partial charge is 0.494 e. The fourth-order valence-electron chi connectivity index (χ4n) is 3.23. The van der Waals surface area contributed by atoms with Gasteiger partial charge in [-0.25, -0.2) is 10.5 Å². The van der Waals surface area contributed by atoms with Crippen molar-refractivity contribution in [3.05, 3.63) is 68.3 Å². The number of hydrogen-bond acceptors (Lipinski definition) is 6. The lowest BCUT2D eigenvalue weighted by Gasteiger charge is -2.11. The molecule has 0 fully saturated rings. The van der Waals surface area contributed by atoms with Crippen LogP contribution < -0.4 is 5.32 Å². The van der Waals surface area contributed by atoms with E-state index in [2.05, 4.69) is 15.4 Å². The molecular weight excluding hydrogens is 473 g/mol. The highest BCUT2D eigenvalue weighted by Crippen LogP contribution is 2.41. The van der Waals surface area contributed by atoms with Gasteiger partial charge < -0.3 is 10.2 Å². The number of aromatic hydroxyl groups is 2. The predicted molar refractivity (Wildman–Crippen MR) is 125 cm³/mol. The molecule has 0 aliphatic rings. The molecule has 0 spiro atoms. The normalized spacial score (nSPS) is 11.7. The summed E-state index contributed by atoms with van der Waals surface area (Å²) in [5.74, 6) is -0.948. The van der Waals surface area contributed by atoms with Gasteiger partial charge in [-0.05, 0) is 61.0 Å². The summed E-state index contributed by atoms with van der Waals surface area (Å²) < 4.78 is 1.77. The Kier molecular flexibility index (Phi) is 5.88. The SMILES string of the molecule is Cc1cc(N=C(N=N)NC(=O)c2ccc(Cl)s2)ccc1-n1c(O)c2ccc(Cl)cc2c1O. The number of thiophene rings is 1. The van der Waals surface area contributed by atoms with Crippen LogP contribution in [-0.4, -0.2) is 26.6 Å². The Hall–Kier alpha value is -3.40. The van der Waals surface area contributed by atoms with Gasteiger partial charge in [-0.3, -0.25) is 14.7 Å². The number of halogens is 2. The van der Waals surface area contributed by atoms with Crippen LogP contribution >= 0.6 is 34.5 Å². The van der Waals surface area contributed by atoms with E-state index in [4.69, 9.17) is 28.7 Å². The van der Waals surface area contributed by atoms with E-state index >= 15 is 0 Å². The molecule has 2 aromatic carbocycles. The monoisotopic (exact) mass is 487 g/mol. The van der Waals surface area contributed by atoms with E-state index in [0.717, 1.165) is 11.3 Å². The molecule has 162 valence electrons. The Labute approximate surface area is 195 Å². The van der Waals surface area contributed by atoms with Gasteiger partial charge in [0.1, 0.15) is 0 Å². The number of rotatable bonds is 3. The van der Waals surface area contributed by atoms with E-state index in [0.29, 0.717) is 41.9 Å². The topological polar surface area (TPSA) is 123 Å². The van der Waals surface area contributed by atoms with Crippen molar-refractivity contribution in [1.29, 1.82) is 5.53 Å². The number of aryl methyl sites for hydroxylation is 1. The van der Waals surface area contributed by atoms with Crippen LogP contribution in [0.1, 0.15) is 15.2 Å². The van der Waals surface area contributed by atoms with E-state index in [1.807, 2.05) is 0 Å². The lowest BCUT2D eigenvalue weighted by molar-refractivity contribution is 0.0980. The van der Waals surface area contributed by atoms with Gasteiger partial charge in [-0.2, -0.15) is 0 Å². The summed E-state index contributed by atoms with van der Waals surface area (Å²) in [5, 5.41) is 28.3. The first kappa shape index (κ1) is 21.8. The Morgan fingerprint density at radius 2 is 1.81 bits per heavy atom. The Balaban J connectivity index is 1.67. The Morgan fingerprint density at radius 1 is 1.06 bits per heavy atom. The molecule has 2 aromatic heterocycles. The molecule has 4 N–H and O–H groups in total. The number of hydrogen-bond donors (Lipinski definition) is 4. The third kappa shape index (κ3) is 4.05. The van der Waals surface area contributed by atoms with Crippen LogP contribution in [0.15, 0.2) is 58.6 Å². The van der Waals surface area contributed by atoms with Crippen molar-refractivity contribution in [2.45, 2.75) is 6.92 Å². The van der Waals surface area contributed by atoms with Gasteiger partial charge in [-0.15, -0.1) is 16.5 Å². The van der Waals surface area contributed by atoms with Gasteiger partial charge in [0, 0.05) is 15.8 Å². The van der Waals surface area contributed by atoms with Gasteiger partial charge in [-0.1, -0.05) is 23.2 Å². The number of carbonyl (C=O) groups excluding carboxylic acids is 1. The van der Waals surface area contributed by atoms with E-state index < -0.39 is 5.91 Å². The summed E-state index contributed by atoms with van der Waals surface area (Å²) >= 11 is 13.0. The van der Waals surface area contributed by atoms with E-state index in [1.54, 1.807) is 55.5 Å². The number of guanidine groups is 1. The van der Waals surface area contributed by atoms with Crippen LogP contribution in [0.3, 0.4) is 0 Å². The average Bonchev–Trinajstić information content (AvgIpc) is 3.29. The summed E-state index contributed by atoms with van der Waals surface area (Å²) in [4.78, 5) is 16.8. The molecule has 0 saturated carbocycles. The first-order valence-electron chi connectivity index (χ1n) is 9.14. The van der Waals surface area contributed by atoms with Gasteiger partial charge in [0.15, 0.2) is 0 Å². The first-order chi connectivity index (χ1) is 15.3. The summed E-state index contributed by atoms with van der Waals surface area (Å²) in [6, 6.07) is 12.9. The molecule has 0 bridgehead atoms. The Morgan fingerprint density at radius 3 is 2.47 bits per heavy atom. The molecule has 0 atom stereocenters. The number of amides is 1. The summed E-state index contributed by atoms with van der Waals surface area (Å²) in [5.41, 5.74) is 8.92. The number of nitrogens with zero attached hydrogens (tertiary/aromatic N) is 3. The third-order valence-corrected chi connectivity index (χ3v) is 6.14. The second-order valence-electron chi connectivity index (χ2n) is 6.75. The van der Waals surface area contributed by atoms with Crippen LogP contribution in [0.2, 0.25) is 9.36 Å². The Bertz CT molecular complexity index is 1410. The molecule has 0 aliphatic heterocycles. The van der Waals surface area contributed by atoms with Crippen molar-refractivity contribution in [3.63, 3.8) is 0 Å². The zero-order valence-electron chi connectivity index (χ0n) is 16.4. The van der Waals surface area contributed by atoms with Gasteiger partial charge >= 0.3 is 0 Å². The highest BCUT2D eigenvalue weighted by Gasteiger charge is 2.19. The molecule has 0 unspecified atom stereocenters. The van der Waals surface area contributed by atoms with Crippen molar-refractivity contribution in [2.24, 2.45) is 10.1 Å². The smallest absolute Gasteiger partial charge is 0.268 e. The second-order valence-corrected chi connectivity index (χ2v) is 8.90. The molecule has 4 rings (SSSR count). The maximum Gasteiger partial charge on any atom is 0.268 e. The molecule has 8 nitrogen and oxygen atoms in total. The summed E-state index contributed by atoms with van der Waals surface area (Å²) in [6.45, 7) is 1.77. The van der Waals surface area contributed by atoms with E-state index in [9.17, 15) is 15.0 Å². The van der Waals surface area contributed by atoms with Crippen molar-refractivity contribution in [2.75, 3.05) is 0 Å². The first-order valence-corrected chi connectivity index (χ1v) is 10.7. The number of nitrogens with one attached hydrogen (secondary N) is 2. The van der Waals surface area contributed by atoms with E-state index in [1.165, 1.54) is 4.57 Å². The number of aromatic nitrogens is 1. The van der Waals surface area contributed by atoms with Crippen molar-refractivity contribution in [1.82, 2.24) is 9.88 Å². The van der Waals surface area contributed by atoms with E-state index in [-0.39, 0.29) is 17.7 Å².